The van der Waals surface area contributed by atoms with Crippen molar-refractivity contribution in [3.05, 3.63) is 71.8 Å². The van der Waals surface area contributed by atoms with E-state index in [-0.39, 0.29) is 25.6 Å². The molecular weight excluding hydrogens is 467 g/mol. The molecular formula is C26H35N2O6P. The fourth-order valence-electron chi connectivity index (χ4n) is 3.30. The van der Waals surface area contributed by atoms with Gasteiger partial charge in [0.25, 0.3) is 0 Å². The molecule has 2 aromatic rings. The summed E-state index contributed by atoms with van der Waals surface area (Å²) in [6.07, 6.45) is -0.130. The van der Waals surface area contributed by atoms with Gasteiger partial charge in [-0.1, -0.05) is 74.5 Å². The molecule has 1 unspecified atom stereocenters. The Kier molecular flexibility index (Phi) is 11.2. The van der Waals surface area contributed by atoms with Crippen LogP contribution in [0.2, 0.25) is 0 Å². The zero-order chi connectivity index (χ0) is 25.8. The lowest BCUT2D eigenvalue weighted by atomic mass is 10.00. The quantitative estimate of drug-likeness (QED) is 0.398. The molecule has 190 valence electrons. The van der Waals surface area contributed by atoms with Crippen LogP contribution in [0, 0.1) is 5.92 Å². The molecule has 0 saturated heterocycles. The minimum Gasteiger partial charge on any atom is -0.445 e. The first-order valence-electron chi connectivity index (χ1n) is 11.6. The van der Waals surface area contributed by atoms with Gasteiger partial charge < -0.3 is 19.9 Å². The summed E-state index contributed by atoms with van der Waals surface area (Å²) in [7, 11) is -2.87. The molecule has 0 aromatic heterocycles. The third-order valence-electron chi connectivity index (χ3n) is 5.03. The number of carbonyl (C=O) groups excluding carboxylic acids is 3. The Morgan fingerprint density at radius 3 is 1.97 bits per heavy atom. The van der Waals surface area contributed by atoms with Crippen molar-refractivity contribution in [2.24, 2.45) is 5.92 Å². The molecule has 8 nitrogen and oxygen atoms in total. The molecule has 0 heterocycles. The minimum atomic E-state index is -2.87. The average molecular weight is 503 g/mol. The van der Waals surface area contributed by atoms with Gasteiger partial charge in [-0.25, -0.2) is 4.79 Å². The van der Waals surface area contributed by atoms with Gasteiger partial charge in [0.05, 0.1) is 6.04 Å². The fourth-order valence-corrected chi connectivity index (χ4v) is 3.74. The third-order valence-corrected chi connectivity index (χ3v) is 5.78. The number of alkyl carbamates (subject to hydrolysis) is 1. The summed E-state index contributed by atoms with van der Waals surface area (Å²) in [5.74, 6) is -0.806. The van der Waals surface area contributed by atoms with E-state index in [1.807, 2.05) is 74.5 Å². The molecule has 0 fully saturated rings. The smallest absolute Gasteiger partial charge is 0.408 e. The van der Waals surface area contributed by atoms with Crippen LogP contribution in [0.3, 0.4) is 0 Å². The van der Waals surface area contributed by atoms with Crippen LogP contribution in [0.4, 0.5) is 4.79 Å². The van der Waals surface area contributed by atoms with Crippen LogP contribution in [0.1, 0.15) is 31.4 Å². The maximum atomic E-state index is 13.2. The number of nitrogens with one attached hydrogen (secondary N) is 2. The Balaban J connectivity index is 2.09. The third kappa shape index (κ3) is 11.3. The van der Waals surface area contributed by atoms with Crippen molar-refractivity contribution in [2.45, 2.75) is 45.4 Å². The number of benzene rings is 2. The number of rotatable bonds is 13. The number of amides is 2. The predicted molar refractivity (Wildman–Crippen MR) is 135 cm³/mol. The van der Waals surface area contributed by atoms with Crippen molar-refractivity contribution in [1.29, 1.82) is 0 Å². The Labute approximate surface area is 207 Å². The van der Waals surface area contributed by atoms with Crippen molar-refractivity contribution in [3.63, 3.8) is 0 Å². The summed E-state index contributed by atoms with van der Waals surface area (Å²) < 4.78 is 22.4. The van der Waals surface area contributed by atoms with Crippen LogP contribution in [0.15, 0.2) is 60.7 Å². The van der Waals surface area contributed by atoms with Gasteiger partial charge in [0.2, 0.25) is 5.91 Å². The summed E-state index contributed by atoms with van der Waals surface area (Å²) in [4.78, 5) is 38.5. The molecule has 9 heteroatoms. The van der Waals surface area contributed by atoms with Gasteiger partial charge in [-0.15, -0.1) is 0 Å². The summed E-state index contributed by atoms with van der Waals surface area (Å²) in [5, 5.41) is 5.38. The first-order valence-corrected chi connectivity index (χ1v) is 14.1. The lowest BCUT2D eigenvalue weighted by Gasteiger charge is -2.24. The van der Waals surface area contributed by atoms with E-state index < -0.39 is 37.2 Å². The molecule has 2 aromatic carbocycles. The first kappa shape index (κ1) is 28.3. The van der Waals surface area contributed by atoms with Crippen LogP contribution >= 0.6 is 7.37 Å². The highest BCUT2D eigenvalue weighted by Crippen LogP contribution is 2.36. The monoisotopic (exact) mass is 502 g/mol. The van der Waals surface area contributed by atoms with Crippen LogP contribution in [0.25, 0.3) is 0 Å². The summed E-state index contributed by atoms with van der Waals surface area (Å²) >= 11 is 0. The second kappa shape index (κ2) is 13.8. The van der Waals surface area contributed by atoms with E-state index in [0.717, 1.165) is 11.1 Å². The van der Waals surface area contributed by atoms with Crippen LogP contribution in [-0.4, -0.2) is 49.8 Å². The maximum absolute atomic E-state index is 13.2. The van der Waals surface area contributed by atoms with E-state index in [1.165, 1.54) is 13.3 Å². The highest BCUT2D eigenvalue weighted by Gasteiger charge is 2.28. The summed E-state index contributed by atoms with van der Waals surface area (Å²) in [6.45, 7) is 6.39. The Bertz CT molecular complexity index is 1010. The molecule has 0 spiro atoms. The molecule has 0 saturated carbocycles. The first-order chi connectivity index (χ1) is 16.5. The molecule has 0 bridgehead atoms. The van der Waals surface area contributed by atoms with E-state index >= 15 is 0 Å². The van der Waals surface area contributed by atoms with Gasteiger partial charge in [-0.05, 0) is 29.9 Å². The number of ketones is 1. The van der Waals surface area contributed by atoms with Gasteiger partial charge in [-0.3, -0.25) is 14.2 Å². The van der Waals surface area contributed by atoms with E-state index in [2.05, 4.69) is 10.6 Å². The standard InChI is InChI=1S/C26H35N2O6P/c1-19(2)15-23(28-26(31)33-17-21-13-9-6-10-14-21)25(30)27-22(16-20-11-7-5-8-12-20)24(29)18-34-35(3,4)32/h5-14,19,22-23H,15-18H2,1-4H3,(H,27,30)(H,28,31)/t22?,23-/m0/s1. The highest BCUT2D eigenvalue weighted by molar-refractivity contribution is 7.57. The summed E-state index contributed by atoms with van der Waals surface area (Å²) in [5.41, 5.74) is 1.67. The van der Waals surface area contributed by atoms with Crippen molar-refractivity contribution >= 4 is 25.2 Å². The van der Waals surface area contributed by atoms with Gasteiger partial charge in [-0.2, -0.15) is 0 Å². The molecule has 0 aliphatic rings. The SMILES string of the molecule is CC(C)C[C@H](NC(=O)OCc1ccccc1)C(=O)NC(Cc1ccccc1)C(=O)COP(C)(C)=O. The van der Waals surface area contributed by atoms with Gasteiger partial charge in [0.1, 0.15) is 19.3 Å². The zero-order valence-corrected chi connectivity index (χ0v) is 21.6. The largest absolute Gasteiger partial charge is 0.445 e. The van der Waals surface area contributed by atoms with Crippen molar-refractivity contribution in [1.82, 2.24) is 10.6 Å². The number of carbonyl (C=O) groups is 3. The molecule has 0 radical (unpaired) electrons. The summed E-state index contributed by atoms with van der Waals surface area (Å²) in [6, 6.07) is 16.6. The molecule has 35 heavy (non-hydrogen) atoms. The number of ether oxygens (including phenoxy) is 1. The highest BCUT2D eigenvalue weighted by atomic mass is 31.2. The number of hydrogen-bond acceptors (Lipinski definition) is 6. The van der Waals surface area contributed by atoms with Gasteiger partial charge >= 0.3 is 6.09 Å². The second-order valence-electron chi connectivity index (χ2n) is 9.13. The molecule has 0 aliphatic carbocycles. The Morgan fingerprint density at radius 1 is 0.857 bits per heavy atom. The molecule has 2 atom stereocenters. The van der Waals surface area contributed by atoms with Crippen LogP contribution < -0.4 is 10.6 Å². The molecule has 2 N–H and O–H groups in total. The topological polar surface area (TPSA) is 111 Å². The average Bonchev–Trinajstić information content (AvgIpc) is 2.81. The van der Waals surface area contributed by atoms with Crippen molar-refractivity contribution in [2.75, 3.05) is 19.9 Å². The van der Waals surface area contributed by atoms with E-state index in [9.17, 15) is 18.9 Å². The van der Waals surface area contributed by atoms with Crippen LogP contribution in [0.5, 0.6) is 0 Å². The molecule has 2 rings (SSSR count). The Hall–Kier alpha value is -2.96. The van der Waals surface area contributed by atoms with E-state index in [1.54, 1.807) is 0 Å². The lowest BCUT2D eigenvalue weighted by Crippen LogP contribution is -2.53. The van der Waals surface area contributed by atoms with Crippen molar-refractivity contribution < 1.29 is 28.2 Å². The van der Waals surface area contributed by atoms with Gasteiger partial charge in [0.15, 0.2) is 13.2 Å². The predicted octanol–water partition coefficient (Wildman–Crippen LogP) is 4.18. The Morgan fingerprint density at radius 2 is 1.43 bits per heavy atom. The number of Topliss-reactive ketones (excluding diaryl/α,β-unsaturated/α-hetero) is 1. The second-order valence-corrected chi connectivity index (χ2v) is 11.9. The van der Waals surface area contributed by atoms with E-state index in [4.69, 9.17) is 9.26 Å². The molecule has 0 aliphatic heterocycles. The molecule has 2 amide bonds. The van der Waals surface area contributed by atoms with Crippen LogP contribution in [-0.2, 0) is 36.4 Å². The number of hydrogen-bond donors (Lipinski definition) is 2. The van der Waals surface area contributed by atoms with E-state index in [0.29, 0.717) is 6.42 Å². The lowest BCUT2D eigenvalue weighted by molar-refractivity contribution is -0.130. The van der Waals surface area contributed by atoms with Crippen molar-refractivity contribution in [3.8, 4) is 0 Å². The fraction of sp³-hybridized carbons (Fsp3) is 0.423. The zero-order valence-electron chi connectivity index (χ0n) is 20.7. The van der Waals surface area contributed by atoms with Gasteiger partial charge in [0, 0.05) is 13.3 Å². The minimum absolute atomic E-state index is 0.0727. The maximum Gasteiger partial charge on any atom is 0.408 e. The normalized spacial score (nSPS) is 13.1.